The van der Waals surface area contributed by atoms with Crippen LogP contribution in [-0.4, -0.2) is 42.7 Å². The number of carbonyl (C=O) groups excluding carboxylic acids is 1. The molecule has 0 unspecified atom stereocenters. The molecule has 0 aliphatic carbocycles. The number of amides is 1. The SMILES string of the molecule is CC(C)NC(=O)CN1CCC[C@@H](C(F)(F)F)C1. The van der Waals surface area contributed by atoms with Gasteiger partial charge in [0.15, 0.2) is 0 Å². The fourth-order valence-electron chi connectivity index (χ4n) is 2.04. The van der Waals surface area contributed by atoms with Crippen LogP contribution in [0.3, 0.4) is 0 Å². The van der Waals surface area contributed by atoms with Crippen molar-refractivity contribution in [3.63, 3.8) is 0 Å². The van der Waals surface area contributed by atoms with E-state index in [0.29, 0.717) is 13.0 Å². The molecule has 0 saturated carbocycles. The van der Waals surface area contributed by atoms with Gasteiger partial charge in [-0.25, -0.2) is 0 Å². The Morgan fingerprint density at radius 2 is 2.12 bits per heavy atom. The molecule has 0 bridgehead atoms. The van der Waals surface area contributed by atoms with Crippen molar-refractivity contribution in [2.45, 2.75) is 38.9 Å². The first-order chi connectivity index (χ1) is 7.79. The molecule has 1 aliphatic rings. The Balaban J connectivity index is 2.42. The molecular formula is C11H19F3N2O. The maximum atomic E-state index is 12.5. The molecule has 1 atom stereocenters. The summed E-state index contributed by atoms with van der Waals surface area (Å²) in [6, 6.07) is 0.0192. The van der Waals surface area contributed by atoms with E-state index >= 15 is 0 Å². The molecule has 1 N–H and O–H groups in total. The largest absolute Gasteiger partial charge is 0.393 e. The standard InChI is InChI=1S/C11H19F3N2O/c1-8(2)15-10(17)7-16-5-3-4-9(6-16)11(12,13)14/h8-9H,3-7H2,1-2H3,(H,15,17)/t9-/m1/s1. The highest BCUT2D eigenvalue weighted by Crippen LogP contribution is 2.32. The lowest BCUT2D eigenvalue weighted by Gasteiger charge is -2.33. The van der Waals surface area contributed by atoms with Gasteiger partial charge in [0.2, 0.25) is 5.91 Å². The molecule has 1 saturated heterocycles. The minimum Gasteiger partial charge on any atom is -0.353 e. The highest BCUT2D eigenvalue weighted by atomic mass is 19.4. The second kappa shape index (κ2) is 5.71. The van der Waals surface area contributed by atoms with Crippen LogP contribution in [0.15, 0.2) is 0 Å². The van der Waals surface area contributed by atoms with Gasteiger partial charge < -0.3 is 5.32 Å². The van der Waals surface area contributed by atoms with E-state index in [1.807, 2.05) is 13.8 Å². The van der Waals surface area contributed by atoms with Gasteiger partial charge in [0.05, 0.1) is 12.5 Å². The van der Waals surface area contributed by atoms with Crippen molar-refractivity contribution in [3.8, 4) is 0 Å². The number of halogens is 3. The fourth-order valence-corrected chi connectivity index (χ4v) is 2.04. The number of carbonyl (C=O) groups is 1. The molecule has 1 fully saturated rings. The molecule has 1 heterocycles. The number of alkyl halides is 3. The number of nitrogens with zero attached hydrogens (tertiary/aromatic N) is 1. The number of hydrogen-bond donors (Lipinski definition) is 1. The van der Waals surface area contributed by atoms with Gasteiger partial charge in [0, 0.05) is 12.6 Å². The van der Waals surface area contributed by atoms with Gasteiger partial charge in [-0.2, -0.15) is 13.2 Å². The monoisotopic (exact) mass is 252 g/mol. The Labute approximate surface area is 99.4 Å². The Morgan fingerprint density at radius 3 is 2.65 bits per heavy atom. The first-order valence-corrected chi connectivity index (χ1v) is 5.87. The van der Waals surface area contributed by atoms with E-state index in [1.54, 1.807) is 4.90 Å². The van der Waals surface area contributed by atoms with Gasteiger partial charge in [-0.3, -0.25) is 9.69 Å². The topological polar surface area (TPSA) is 32.3 Å². The van der Waals surface area contributed by atoms with Crippen LogP contribution in [0.5, 0.6) is 0 Å². The van der Waals surface area contributed by atoms with Crippen molar-refractivity contribution in [2.75, 3.05) is 19.6 Å². The summed E-state index contributed by atoms with van der Waals surface area (Å²) >= 11 is 0. The van der Waals surface area contributed by atoms with Crippen LogP contribution in [0.4, 0.5) is 13.2 Å². The van der Waals surface area contributed by atoms with E-state index in [0.717, 1.165) is 0 Å². The van der Waals surface area contributed by atoms with Crippen molar-refractivity contribution < 1.29 is 18.0 Å². The molecule has 0 radical (unpaired) electrons. The zero-order chi connectivity index (χ0) is 13.1. The van der Waals surface area contributed by atoms with Crippen LogP contribution in [0.1, 0.15) is 26.7 Å². The Kier molecular flexibility index (Phi) is 4.80. The van der Waals surface area contributed by atoms with Gasteiger partial charge >= 0.3 is 6.18 Å². The van der Waals surface area contributed by atoms with E-state index in [-0.39, 0.29) is 31.5 Å². The van der Waals surface area contributed by atoms with Gasteiger partial charge in [-0.15, -0.1) is 0 Å². The molecule has 17 heavy (non-hydrogen) atoms. The highest BCUT2D eigenvalue weighted by Gasteiger charge is 2.41. The molecule has 0 aromatic rings. The zero-order valence-electron chi connectivity index (χ0n) is 10.2. The fraction of sp³-hybridized carbons (Fsp3) is 0.909. The van der Waals surface area contributed by atoms with Gasteiger partial charge in [0.1, 0.15) is 0 Å². The summed E-state index contributed by atoms with van der Waals surface area (Å²) in [6.45, 7) is 4.22. The average Bonchev–Trinajstić information content (AvgIpc) is 2.15. The van der Waals surface area contributed by atoms with E-state index in [1.165, 1.54) is 0 Å². The molecule has 100 valence electrons. The maximum Gasteiger partial charge on any atom is 0.393 e. The molecule has 6 heteroatoms. The number of likely N-dealkylation sites (tertiary alicyclic amines) is 1. The number of hydrogen-bond acceptors (Lipinski definition) is 2. The van der Waals surface area contributed by atoms with Crippen LogP contribution in [0.25, 0.3) is 0 Å². The van der Waals surface area contributed by atoms with Crippen molar-refractivity contribution in [1.29, 1.82) is 0 Å². The quantitative estimate of drug-likeness (QED) is 0.830. The van der Waals surface area contributed by atoms with E-state index in [4.69, 9.17) is 0 Å². The Hall–Kier alpha value is -0.780. The number of piperidine rings is 1. The van der Waals surface area contributed by atoms with Crippen LogP contribution in [-0.2, 0) is 4.79 Å². The predicted molar refractivity (Wildman–Crippen MR) is 58.5 cm³/mol. The molecule has 0 aromatic heterocycles. The van der Waals surface area contributed by atoms with E-state index < -0.39 is 12.1 Å². The maximum absolute atomic E-state index is 12.5. The average molecular weight is 252 g/mol. The second-order valence-electron chi connectivity index (χ2n) is 4.84. The molecule has 1 aliphatic heterocycles. The highest BCUT2D eigenvalue weighted by molar-refractivity contribution is 5.78. The first kappa shape index (κ1) is 14.3. The van der Waals surface area contributed by atoms with Crippen LogP contribution >= 0.6 is 0 Å². The third-order valence-electron chi connectivity index (χ3n) is 2.79. The lowest BCUT2D eigenvalue weighted by molar-refractivity contribution is -0.187. The Morgan fingerprint density at radius 1 is 1.47 bits per heavy atom. The van der Waals surface area contributed by atoms with Crippen LogP contribution in [0, 0.1) is 5.92 Å². The number of rotatable bonds is 3. The minimum atomic E-state index is -4.15. The lowest BCUT2D eigenvalue weighted by Crippen LogP contribution is -2.46. The molecule has 3 nitrogen and oxygen atoms in total. The second-order valence-corrected chi connectivity index (χ2v) is 4.84. The first-order valence-electron chi connectivity index (χ1n) is 5.87. The molecule has 1 rings (SSSR count). The molecule has 0 spiro atoms. The van der Waals surface area contributed by atoms with Gasteiger partial charge in [-0.1, -0.05) is 0 Å². The predicted octanol–water partition coefficient (Wildman–Crippen LogP) is 1.79. The summed E-state index contributed by atoms with van der Waals surface area (Å²) in [5.74, 6) is -1.49. The normalized spacial score (nSPS) is 22.8. The summed E-state index contributed by atoms with van der Waals surface area (Å²) in [6.07, 6.45) is -3.47. The molecular weight excluding hydrogens is 233 g/mol. The van der Waals surface area contributed by atoms with Crippen LogP contribution in [0.2, 0.25) is 0 Å². The third kappa shape index (κ3) is 4.93. The summed E-state index contributed by atoms with van der Waals surface area (Å²) in [5, 5.41) is 2.68. The van der Waals surface area contributed by atoms with E-state index in [2.05, 4.69) is 5.32 Å². The lowest BCUT2D eigenvalue weighted by atomic mass is 9.97. The smallest absolute Gasteiger partial charge is 0.353 e. The van der Waals surface area contributed by atoms with E-state index in [9.17, 15) is 18.0 Å². The summed E-state index contributed by atoms with van der Waals surface area (Å²) < 4.78 is 37.6. The van der Waals surface area contributed by atoms with Gasteiger partial charge in [-0.05, 0) is 33.2 Å². The molecule has 0 aromatic carbocycles. The summed E-state index contributed by atoms with van der Waals surface area (Å²) in [5.41, 5.74) is 0. The summed E-state index contributed by atoms with van der Waals surface area (Å²) in [4.78, 5) is 13.0. The third-order valence-corrected chi connectivity index (χ3v) is 2.79. The van der Waals surface area contributed by atoms with Crippen molar-refractivity contribution in [3.05, 3.63) is 0 Å². The van der Waals surface area contributed by atoms with Crippen molar-refractivity contribution in [2.24, 2.45) is 5.92 Å². The van der Waals surface area contributed by atoms with Crippen molar-refractivity contribution >= 4 is 5.91 Å². The molecule has 1 amide bonds. The minimum absolute atomic E-state index is 0.0192. The van der Waals surface area contributed by atoms with Gasteiger partial charge in [0.25, 0.3) is 0 Å². The zero-order valence-corrected chi connectivity index (χ0v) is 10.2. The summed E-state index contributed by atoms with van der Waals surface area (Å²) in [7, 11) is 0. The number of nitrogens with one attached hydrogen (secondary N) is 1. The van der Waals surface area contributed by atoms with Crippen molar-refractivity contribution in [1.82, 2.24) is 10.2 Å². The van der Waals surface area contributed by atoms with Crippen LogP contribution < -0.4 is 5.32 Å². The Bertz CT molecular complexity index is 266.